The van der Waals surface area contributed by atoms with Gasteiger partial charge in [0.15, 0.2) is 5.82 Å². The first-order chi connectivity index (χ1) is 11.5. The number of hydrogen-bond acceptors (Lipinski definition) is 4. The number of halogens is 1. The predicted octanol–water partition coefficient (Wildman–Crippen LogP) is 2.08. The van der Waals surface area contributed by atoms with Crippen LogP contribution in [-0.4, -0.2) is 25.2 Å². The van der Waals surface area contributed by atoms with Gasteiger partial charge in [0.1, 0.15) is 17.6 Å². The fourth-order valence-electron chi connectivity index (χ4n) is 2.35. The van der Waals surface area contributed by atoms with Crippen LogP contribution in [0.25, 0.3) is 11.1 Å². The number of imidazole rings is 1. The lowest BCUT2D eigenvalue weighted by Gasteiger charge is -2.07. The SMILES string of the molecule is Cn1cc(-c2cccc(C#N)c2F)c(NC(=O)c2cncn2C)n1. The molecule has 0 fully saturated rings. The summed E-state index contributed by atoms with van der Waals surface area (Å²) < 4.78 is 17.5. The lowest BCUT2D eigenvalue weighted by molar-refractivity contribution is 0.101. The van der Waals surface area contributed by atoms with Crippen molar-refractivity contribution in [2.24, 2.45) is 14.1 Å². The third-order valence-electron chi connectivity index (χ3n) is 3.52. The first-order valence-corrected chi connectivity index (χ1v) is 7.01. The minimum atomic E-state index is -0.649. The van der Waals surface area contributed by atoms with E-state index in [0.717, 1.165) is 0 Å². The van der Waals surface area contributed by atoms with Gasteiger partial charge in [0, 0.05) is 31.4 Å². The van der Waals surface area contributed by atoms with Crippen LogP contribution < -0.4 is 5.32 Å². The van der Waals surface area contributed by atoms with Gasteiger partial charge in [0.25, 0.3) is 5.91 Å². The first kappa shape index (κ1) is 15.4. The second-order valence-electron chi connectivity index (χ2n) is 5.19. The minimum absolute atomic E-state index is 0.0692. The molecule has 1 N–H and O–H groups in total. The lowest BCUT2D eigenvalue weighted by Crippen LogP contribution is -2.16. The number of aromatic nitrogens is 4. The molecule has 0 saturated heterocycles. The number of nitrogens with one attached hydrogen (secondary N) is 1. The van der Waals surface area contributed by atoms with Gasteiger partial charge in [-0.2, -0.15) is 10.4 Å². The van der Waals surface area contributed by atoms with Crippen molar-refractivity contribution in [1.82, 2.24) is 19.3 Å². The van der Waals surface area contributed by atoms with Gasteiger partial charge in [-0.05, 0) is 6.07 Å². The maximum absolute atomic E-state index is 14.4. The number of hydrogen-bond donors (Lipinski definition) is 1. The Labute approximate surface area is 137 Å². The standard InChI is InChI=1S/C16H13FN6O/c1-22-9-19-7-13(22)16(24)20-15-12(8-23(2)21-15)11-5-3-4-10(6-18)14(11)17/h3-5,7-9H,1-2H3,(H,20,21,24). The summed E-state index contributed by atoms with van der Waals surface area (Å²) in [4.78, 5) is 16.2. The summed E-state index contributed by atoms with van der Waals surface area (Å²) >= 11 is 0. The van der Waals surface area contributed by atoms with Crippen LogP contribution in [-0.2, 0) is 14.1 Å². The molecule has 0 saturated carbocycles. The molecule has 120 valence electrons. The number of anilines is 1. The molecule has 1 amide bonds. The van der Waals surface area contributed by atoms with Gasteiger partial charge in [-0.15, -0.1) is 0 Å². The first-order valence-electron chi connectivity index (χ1n) is 7.01. The number of benzene rings is 1. The monoisotopic (exact) mass is 324 g/mol. The number of carbonyl (C=O) groups excluding carboxylic acids is 1. The van der Waals surface area contributed by atoms with Crippen LogP contribution >= 0.6 is 0 Å². The molecule has 0 aliphatic carbocycles. The maximum Gasteiger partial charge on any atom is 0.275 e. The highest BCUT2D eigenvalue weighted by Gasteiger charge is 2.19. The van der Waals surface area contributed by atoms with Crippen molar-refractivity contribution >= 4 is 11.7 Å². The van der Waals surface area contributed by atoms with E-state index in [1.807, 2.05) is 0 Å². The molecule has 7 nitrogen and oxygen atoms in total. The van der Waals surface area contributed by atoms with Crippen molar-refractivity contribution in [1.29, 1.82) is 5.26 Å². The fraction of sp³-hybridized carbons (Fsp3) is 0.125. The summed E-state index contributed by atoms with van der Waals surface area (Å²) in [5, 5.41) is 15.8. The van der Waals surface area contributed by atoms with Crippen molar-refractivity contribution in [3.63, 3.8) is 0 Å². The molecule has 0 spiro atoms. The molecular formula is C16H13FN6O. The van der Waals surface area contributed by atoms with Crippen molar-refractivity contribution in [3.8, 4) is 17.2 Å². The number of rotatable bonds is 3. The molecule has 0 unspecified atom stereocenters. The van der Waals surface area contributed by atoms with E-state index in [-0.39, 0.29) is 16.9 Å². The van der Waals surface area contributed by atoms with Gasteiger partial charge < -0.3 is 9.88 Å². The number of carbonyl (C=O) groups is 1. The van der Waals surface area contributed by atoms with Crippen LogP contribution in [0.5, 0.6) is 0 Å². The predicted molar refractivity (Wildman–Crippen MR) is 84.5 cm³/mol. The van der Waals surface area contributed by atoms with E-state index < -0.39 is 11.7 Å². The number of aryl methyl sites for hydroxylation is 2. The molecule has 3 aromatic rings. The van der Waals surface area contributed by atoms with Crippen molar-refractivity contribution in [2.45, 2.75) is 0 Å². The van der Waals surface area contributed by atoms with Crippen molar-refractivity contribution in [2.75, 3.05) is 5.32 Å². The van der Waals surface area contributed by atoms with Crippen molar-refractivity contribution in [3.05, 3.63) is 54.0 Å². The Bertz CT molecular complexity index is 965. The number of nitriles is 1. The zero-order chi connectivity index (χ0) is 17.3. The van der Waals surface area contributed by atoms with Crippen LogP contribution in [0.4, 0.5) is 10.2 Å². The second-order valence-corrected chi connectivity index (χ2v) is 5.19. The Morgan fingerprint density at radius 1 is 1.33 bits per heavy atom. The summed E-state index contributed by atoms with van der Waals surface area (Å²) in [5.41, 5.74) is 0.864. The molecule has 2 heterocycles. The molecule has 0 bridgehead atoms. The summed E-state index contributed by atoms with van der Waals surface area (Å²) in [6, 6.07) is 6.31. The zero-order valence-corrected chi connectivity index (χ0v) is 13.0. The molecule has 2 aromatic heterocycles. The highest BCUT2D eigenvalue weighted by atomic mass is 19.1. The Hall–Kier alpha value is -3.47. The largest absolute Gasteiger partial charge is 0.330 e. The average Bonchev–Trinajstić information content (AvgIpc) is 3.13. The molecule has 8 heteroatoms. The lowest BCUT2D eigenvalue weighted by atomic mass is 10.0. The van der Waals surface area contributed by atoms with Crippen LogP contribution in [0.3, 0.4) is 0 Å². The van der Waals surface area contributed by atoms with E-state index in [0.29, 0.717) is 11.3 Å². The van der Waals surface area contributed by atoms with Crippen LogP contribution in [0, 0.1) is 17.1 Å². The Kier molecular flexibility index (Phi) is 3.83. The molecular weight excluding hydrogens is 311 g/mol. The van der Waals surface area contributed by atoms with E-state index >= 15 is 0 Å². The number of nitrogens with zero attached hydrogens (tertiary/aromatic N) is 5. The van der Waals surface area contributed by atoms with E-state index in [2.05, 4.69) is 15.4 Å². The van der Waals surface area contributed by atoms with Gasteiger partial charge in [-0.25, -0.2) is 9.37 Å². The number of amides is 1. The molecule has 0 atom stereocenters. The smallest absolute Gasteiger partial charge is 0.275 e. The molecule has 1 aromatic carbocycles. The van der Waals surface area contributed by atoms with Crippen LogP contribution in [0.2, 0.25) is 0 Å². The molecule has 0 radical (unpaired) electrons. The van der Waals surface area contributed by atoms with Crippen LogP contribution in [0.1, 0.15) is 16.1 Å². The average molecular weight is 324 g/mol. The molecule has 3 rings (SSSR count). The molecule has 24 heavy (non-hydrogen) atoms. The maximum atomic E-state index is 14.4. The van der Waals surface area contributed by atoms with E-state index in [1.165, 1.54) is 29.3 Å². The normalized spacial score (nSPS) is 10.4. The van der Waals surface area contributed by atoms with Gasteiger partial charge >= 0.3 is 0 Å². The van der Waals surface area contributed by atoms with E-state index in [4.69, 9.17) is 5.26 Å². The van der Waals surface area contributed by atoms with Crippen LogP contribution in [0.15, 0.2) is 36.9 Å². The summed E-state index contributed by atoms with van der Waals surface area (Å²) in [6.45, 7) is 0. The quantitative estimate of drug-likeness (QED) is 0.799. The summed E-state index contributed by atoms with van der Waals surface area (Å²) in [7, 11) is 3.35. The van der Waals surface area contributed by atoms with E-state index in [1.54, 1.807) is 37.0 Å². The summed E-state index contributed by atoms with van der Waals surface area (Å²) in [6.07, 6.45) is 4.51. The Morgan fingerprint density at radius 3 is 2.79 bits per heavy atom. The topological polar surface area (TPSA) is 88.5 Å². The molecule has 0 aliphatic rings. The second kappa shape index (κ2) is 5.96. The van der Waals surface area contributed by atoms with Crippen molar-refractivity contribution < 1.29 is 9.18 Å². The fourth-order valence-corrected chi connectivity index (χ4v) is 2.35. The highest BCUT2D eigenvalue weighted by Crippen LogP contribution is 2.30. The molecule has 0 aliphatic heterocycles. The Morgan fingerprint density at radius 2 is 2.12 bits per heavy atom. The van der Waals surface area contributed by atoms with Gasteiger partial charge in [-0.1, -0.05) is 12.1 Å². The van der Waals surface area contributed by atoms with Gasteiger partial charge in [0.2, 0.25) is 0 Å². The van der Waals surface area contributed by atoms with Gasteiger partial charge in [0.05, 0.1) is 18.1 Å². The Balaban J connectivity index is 2.02. The highest BCUT2D eigenvalue weighted by molar-refractivity contribution is 6.04. The zero-order valence-electron chi connectivity index (χ0n) is 13.0. The third-order valence-corrected chi connectivity index (χ3v) is 3.52. The third kappa shape index (κ3) is 2.63. The van der Waals surface area contributed by atoms with Gasteiger partial charge in [-0.3, -0.25) is 9.48 Å². The minimum Gasteiger partial charge on any atom is -0.330 e. The summed E-state index contributed by atoms with van der Waals surface area (Å²) in [5.74, 6) is -0.853. The van der Waals surface area contributed by atoms with E-state index in [9.17, 15) is 9.18 Å².